The molecule has 2 aromatic carbocycles. The lowest BCUT2D eigenvalue weighted by Crippen LogP contribution is -2.54. The van der Waals surface area contributed by atoms with E-state index in [1.807, 2.05) is 60.7 Å². The van der Waals surface area contributed by atoms with Gasteiger partial charge in [0, 0.05) is 42.7 Å². The van der Waals surface area contributed by atoms with Crippen molar-refractivity contribution in [1.29, 1.82) is 0 Å². The number of hydrogen-bond donors (Lipinski definition) is 0. The van der Waals surface area contributed by atoms with Crippen LogP contribution in [0.25, 0.3) is 0 Å². The zero-order chi connectivity index (χ0) is 26.9. The topological polar surface area (TPSA) is 80.6 Å². The van der Waals surface area contributed by atoms with E-state index in [2.05, 4.69) is 21.9 Å². The van der Waals surface area contributed by atoms with Gasteiger partial charge >= 0.3 is 0 Å². The van der Waals surface area contributed by atoms with Crippen molar-refractivity contribution in [2.24, 2.45) is 0 Å². The number of benzene rings is 2. The van der Waals surface area contributed by atoms with Crippen molar-refractivity contribution < 1.29 is 14.3 Å². The number of ether oxygens (including phenoxy) is 1. The molecule has 2 aliphatic heterocycles. The van der Waals surface area contributed by atoms with E-state index in [0.717, 1.165) is 16.7 Å². The van der Waals surface area contributed by atoms with Gasteiger partial charge in [0.15, 0.2) is 5.69 Å². The predicted octanol–water partition coefficient (Wildman–Crippen LogP) is 3.80. The molecule has 0 N–H and O–H groups in total. The summed E-state index contributed by atoms with van der Waals surface area (Å²) in [5, 5.41) is 5.00. The molecule has 2 aliphatic rings. The summed E-state index contributed by atoms with van der Waals surface area (Å²) in [6.07, 6.45) is 3.90. The van der Waals surface area contributed by atoms with Crippen molar-refractivity contribution in [2.45, 2.75) is 19.0 Å². The number of nitrogens with zero attached hydrogens (tertiary/aromatic N) is 5. The van der Waals surface area contributed by atoms with Crippen LogP contribution in [0.4, 0.5) is 5.69 Å². The third kappa shape index (κ3) is 4.73. The van der Waals surface area contributed by atoms with Gasteiger partial charge in [-0.1, -0.05) is 53.8 Å². The van der Waals surface area contributed by atoms with E-state index < -0.39 is 6.04 Å². The number of carbonyl (C=O) groups excluding carboxylic acids is 2. The Morgan fingerprint density at radius 1 is 1.05 bits per heavy atom. The molecule has 8 nitrogen and oxygen atoms in total. The zero-order valence-corrected chi connectivity index (χ0v) is 21.9. The van der Waals surface area contributed by atoms with E-state index in [-0.39, 0.29) is 24.1 Å². The molecule has 0 bridgehead atoms. The number of likely N-dealkylation sites (N-methyl/N-ethyl adjacent to an activating group) is 1. The minimum absolute atomic E-state index is 0.0230. The van der Waals surface area contributed by atoms with Crippen LogP contribution in [0.1, 0.15) is 32.7 Å². The highest BCUT2D eigenvalue weighted by Crippen LogP contribution is 2.34. The molecule has 0 aliphatic carbocycles. The third-order valence-electron chi connectivity index (χ3n) is 6.95. The molecule has 2 aromatic heterocycles. The maximum absolute atomic E-state index is 13.6. The van der Waals surface area contributed by atoms with Crippen LogP contribution in [0.2, 0.25) is 5.15 Å². The summed E-state index contributed by atoms with van der Waals surface area (Å²) in [5.74, 6) is 6.18. The van der Waals surface area contributed by atoms with Crippen LogP contribution in [0.3, 0.4) is 0 Å². The molecule has 0 fully saturated rings. The molecular weight excluding hydrogens is 514 g/mol. The lowest BCUT2D eigenvalue weighted by molar-refractivity contribution is -0.123. The SMILES string of the molecule is CN1C(=O)[C@@H](N2CCc3c(nn(Cc4ccccc4)c3Cl)C2=O)COc2cc(C#Cc3cccnc3)ccc21. The highest BCUT2D eigenvalue weighted by molar-refractivity contribution is 6.31. The van der Waals surface area contributed by atoms with Gasteiger partial charge in [0.05, 0.1) is 12.2 Å². The minimum Gasteiger partial charge on any atom is -0.489 e. The molecule has 4 heterocycles. The van der Waals surface area contributed by atoms with Crippen LogP contribution in [0, 0.1) is 11.8 Å². The number of amides is 2. The van der Waals surface area contributed by atoms with E-state index in [1.165, 1.54) is 4.90 Å². The van der Waals surface area contributed by atoms with Gasteiger partial charge in [-0.05, 0) is 42.3 Å². The molecule has 0 radical (unpaired) electrons. The highest BCUT2D eigenvalue weighted by Gasteiger charge is 2.40. The summed E-state index contributed by atoms with van der Waals surface area (Å²) in [6, 6.07) is 18.2. The van der Waals surface area contributed by atoms with Crippen molar-refractivity contribution in [1.82, 2.24) is 19.7 Å². The van der Waals surface area contributed by atoms with Crippen molar-refractivity contribution >= 4 is 29.1 Å². The first kappa shape index (κ1) is 24.7. The quantitative estimate of drug-likeness (QED) is 0.371. The maximum atomic E-state index is 13.6. The number of fused-ring (bicyclic) bond motifs is 2. The molecule has 4 aromatic rings. The van der Waals surface area contributed by atoms with Crippen molar-refractivity contribution in [3.8, 4) is 17.6 Å². The monoisotopic (exact) mass is 537 g/mol. The Morgan fingerprint density at radius 2 is 1.87 bits per heavy atom. The van der Waals surface area contributed by atoms with E-state index in [0.29, 0.717) is 41.7 Å². The summed E-state index contributed by atoms with van der Waals surface area (Å²) in [5.41, 5.74) is 4.19. The number of rotatable bonds is 3. The second kappa shape index (κ2) is 10.3. The molecule has 6 rings (SSSR count). The Bertz CT molecular complexity index is 1630. The molecule has 39 heavy (non-hydrogen) atoms. The largest absolute Gasteiger partial charge is 0.489 e. The van der Waals surface area contributed by atoms with Crippen LogP contribution in [-0.4, -0.2) is 57.7 Å². The third-order valence-corrected chi connectivity index (χ3v) is 7.37. The van der Waals surface area contributed by atoms with E-state index in [4.69, 9.17) is 16.3 Å². The Balaban J connectivity index is 1.23. The number of pyridine rings is 1. The maximum Gasteiger partial charge on any atom is 0.275 e. The van der Waals surface area contributed by atoms with Crippen LogP contribution >= 0.6 is 11.6 Å². The van der Waals surface area contributed by atoms with Gasteiger partial charge in [0.1, 0.15) is 23.6 Å². The van der Waals surface area contributed by atoms with Crippen molar-refractivity contribution in [2.75, 3.05) is 25.1 Å². The van der Waals surface area contributed by atoms with Crippen LogP contribution in [0.15, 0.2) is 73.1 Å². The Kier molecular flexibility index (Phi) is 6.51. The van der Waals surface area contributed by atoms with Gasteiger partial charge in [0.25, 0.3) is 11.8 Å². The second-order valence-electron chi connectivity index (χ2n) is 9.41. The van der Waals surface area contributed by atoms with Gasteiger partial charge in [-0.2, -0.15) is 5.10 Å². The fourth-order valence-corrected chi connectivity index (χ4v) is 5.15. The summed E-state index contributed by atoms with van der Waals surface area (Å²) >= 11 is 6.62. The average molecular weight is 538 g/mol. The minimum atomic E-state index is -0.800. The lowest BCUT2D eigenvalue weighted by atomic mass is 10.0. The van der Waals surface area contributed by atoms with Crippen LogP contribution < -0.4 is 9.64 Å². The lowest BCUT2D eigenvalue weighted by Gasteiger charge is -2.33. The molecule has 0 saturated carbocycles. The molecule has 0 unspecified atom stereocenters. The fourth-order valence-electron chi connectivity index (χ4n) is 4.87. The fraction of sp³-hybridized carbons (Fsp3) is 0.200. The molecule has 1 atom stereocenters. The number of carbonyl (C=O) groups is 2. The summed E-state index contributed by atoms with van der Waals surface area (Å²) in [4.78, 5) is 34.3. The van der Waals surface area contributed by atoms with Gasteiger partial charge < -0.3 is 14.5 Å². The first-order valence-corrected chi connectivity index (χ1v) is 12.9. The Morgan fingerprint density at radius 3 is 2.67 bits per heavy atom. The van der Waals surface area contributed by atoms with Crippen molar-refractivity contribution in [3.63, 3.8) is 0 Å². The predicted molar refractivity (Wildman–Crippen MR) is 147 cm³/mol. The second-order valence-corrected chi connectivity index (χ2v) is 9.77. The van der Waals surface area contributed by atoms with Gasteiger partial charge in [-0.3, -0.25) is 14.6 Å². The molecule has 194 valence electrons. The standard InChI is InChI=1S/C30H24ClN5O3/c1-34-24-12-11-20(9-10-21-8-5-14-32-17-21)16-26(24)39-19-25(29(34)37)35-15-13-23-27(30(35)38)33-36(28(23)31)18-22-6-3-2-4-7-22/h2-8,11-12,14,16-17,25H,13,15,18-19H2,1H3/t25-/m0/s1. The Labute approximate surface area is 230 Å². The number of hydrogen-bond acceptors (Lipinski definition) is 5. The molecule has 2 amide bonds. The van der Waals surface area contributed by atoms with E-state index in [1.54, 1.807) is 29.0 Å². The van der Waals surface area contributed by atoms with Gasteiger partial charge in [-0.15, -0.1) is 0 Å². The van der Waals surface area contributed by atoms with Gasteiger partial charge in [-0.25, -0.2) is 4.68 Å². The number of anilines is 1. The van der Waals surface area contributed by atoms with E-state index >= 15 is 0 Å². The van der Waals surface area contributed by atoms with Crippen LogP contribution in [-0.2, 0) is 17.8 Å². The smallest absolute Gasteiger partial charge is 0.275 e. The first-order chi connectivity index (χ1) is 19.0. The zero-order valence-electron chi connectivity index (χ0n) is 21.2. The number of halogens is 1. The normalized spacial score (nSPS) is 16.5. The molecule has 0 saturated heterocycles. The van der Waals surface area contributed by atoms with E-state index in [9.17, 15) is 9.59 Å². The highest BCUT2D eigenvalue weighted by atomic mass is 35.5. The summed E-state index contributed by atoms with van der Waals surface area (Å²) in [7, 11) is 1.69. The first-order valence-electron chi connectivity index (χ1n) is 12.6. The summed E-state index contributed by atoms with van der Waals surface area (Å²) < 4.78 is 7.75. The average Bonchev–Trinajstić information content (AvgIpc) is 3.22. The van der Waals surface area contributed by atoms with Crippen molar-refractivity contribution in [3.05, 3.63) is 106 Å². The number of aromatic nitrogens is 3. The Hall–Kier alpha value is -4.61. The summed E-state index contributed by atoms with van der Waals surface area (Å²) in [6.45, 7) is 0.818. The molecular formula is C30H24ClN5O3. The molecule has 0 spiro atoms. The molecule has 9 heteroatoms. The van der Waals surface area contributed by atoms with Gasteiger partial charge in [0.2, 0.25) is 0 Å². The van der Waals surface area contributed by atoms with Crippen LogP contribution in [0.5, 0.6) is 5.75 Å².